The summed E-state index contributed by atoms with van der Waals surface area (Å²) in [5.41, 5.74) is 2.05. The van der Waals surface area contributed by atoms with Crippen LogP contribution in [0, 0.1) is 18.6 Å². The lowest BCUT2D eigenvalue weighted by Crippen LogP contribution is -2.34. The third-order valence-electron chi connectivity index (χ3n) is 4.07. The van der Waals surface area contributed by atoms with E-state index in [0.717, 1.165) is 0 Å². The van der Waals surface area contributed by atoms with Gasteiger partial charge in [-0.05, 0) is 41.8 Å². The molecular formula is C18H16F2N2O2. The summed E-state index contributed by atoms with van der Waals surface area (Å²) in [6.07, 6.45) is -0.00722. The number of benzene rings is 2. The van der Waals surface area contributed by atoms with Gasteiger partial charge in [0.2, 0.25) is 11.8 Å². The minimum atomic E-state index is -0.690. The van der Waals surface area contributed by atoms with Crippen LogP contribution in [0.5, 0.6) is 0 Å². The quantitative estimate of drug-likeness (QED) is 0.909. The van der Waals surface area contributed by atoms with Crippen molar-refractivity contribution >= 4 is 17.5 Å². The molecule has 1 atom stereocenters. The van der Waals surface area contributed by atoms with Gasteiger partial charge in [-0.25, -0.2) is 8.78 Å². The van der Waals surface area contributed by atoms with Crippen molar-refractivity contribution in [2.24, 2.45) is 0 Å². The van der Waals surface area contributed by atoms with E-state index in [4.69, 9.17) is 0 Å². The summed E-state index contributed by atoms with van der Waals surface area (Å²) < 4.78 is 26.8. The molecule has 24 heavy (non-hydrogen) atoms. The van der Waals surface area contributed by atoms with Gasteiger partial charge in [0.05, 0.1) is 5.92 Å². The van der Waals surface area contributed by atoms with Crippen molar-refractivity contribution in [1.82, 2.24) is 5.32 Å². The summed E-state index contributed by atoms with van der Waals surface area (Å²) in [5, 5.41) is 5.28. The maximum absolute atomic E-state index is 13.5. The fourth-order valence-corrected chi connectivity index (χ4v) is 2.73. The number of nitrogens with one attached hydrogen (secondary N) is 2. The molecule has 2 N–H and O–H groups in total. The molecule has 1 unspecified atom stereocenters. The van der Waals surface area contributed by atoms with Crippen molar-refractivity contribution in [1.29, 1.82) is 0 Å². The summed E-state index contributed by atoms with van der Waals surface area (Å²) in [4.78, 5) is 24.2. The summed E-state index contributed by atoms with van der Waals surface area (Å²) in [5.74, 6) is -2.19. The molecule has 0 spiro atoms. The van der Waals surface area contributed by atoms with E-state index in [1.807, 2.05) is 0 Å². The minimum absolute atomic E-state index is 0.00722. The van der Waals surface area contributed by atoms with Gasteiger partial charge in [0.25, 0.3) is 0 Å². The Morgan fingerprint density at radius 2 is 2.04 bits per heavy atom. The zero-order valence-electron chi connectivity index (χ0n) is 13.0. The molecule has 0 aliphatic carbocycles. The van der Waals surface area contributed by atoms with Crippen LogP contribution in [-0.4, -0.2) is 11.8 Å². The second-order valence-corrected chi connectivity index (χ2v) is 5.84. The third-order valence-corrected chi connectivity index (χ3v) is 4.07. The molecule has 2 amide bonds. The summed E-state index contributed by atoms with van der Waals surface area (Å²) in [6.45, 7) is 1.82. The Hall–Kier alpha value is -2.76. The van der Waals surface area contributed by atoms with Crippen LogP contribution in [0.25, 0.3) is 0 Å². The lowest BCUT2D eigenvalue weighted by molar-refractivity contribution is -0.126. The van der Waals surface area contributed by atoms with Gasteiger partial charge >= 0.3 is 0 Å². The van der Waals surface area contributed by atoms with Crippen LogP contribution in [0.1, 0.15) is 29.0 Å². The molecule has 1 heterocycles. The molecule has 0 saturated carbocycles. The molecule has 0 aromatic heterocycles. The fraction of sp³-hybridized carbons (Fsp3) is 0.222. The largest absolute Gasteiger partial charge is 0.351 e. The monoisotopic (exact) mass is 330 g/mol. The van der Waals surface area contributed by atoms with Crippen LogP contribution in [0.2, 0.25) is 0 Å². The van der Waals surface area contributed by atoms with E-state index >= 15 is 0 Å². The van der Waals surface area contributed by atoms with Crippen molar-refractivity contribution in [3.05, 3.63) is 64.7 Å². The number of fused-ring (bicyclic) bond motifs is 1. The molecule has 0 fully saturated rings. The number of anilines is 1. The molecule has 0 bridgehead atoms. The number of carbonyl (C=O) groups is 2. The highest BCUT2D eigenvalue weighted by atomic mass is 19.1. The minimum Gasteiger partial charge on any atom is -0.351 e. The van der Waals surface area contributed by atoms with Gasteiger partial charge < -0.3 is 10.6 Å². The zero-order chi connectivity index (χ0) is 17.3. The van der Waals surface area contributed by atoms with Crippen molar-refractivity contribution in [2.75, 3.05) is 5.32 Å². The first-order valence-electron chi connectivity index (χ1n) is 7.56. The number of hydrogen-bond donors (Lipinski definition) is 2. The van der Waals surface area contributed by atoms with E-state index in [1.54, 1.807) is 19.1 Å². The molecule has 0 radical (unpaired) electrons. The van der Waals surface area contributed by atoms with Crippen molar-refractivity contribution in [3.8, 4) is 0 Å². The normalized spacial score (nSPS) is 16.3. The van der Waals surface area contributed by atoms with Crippen LogP contribution >= 0.6 is 0 Å². The van der Waals surface area contributed by atoms with Gasteiger partial charge in [0.15, 0.2) is 0 Å². The highest BCUT2D eigenvalue weighted by molar-refractivity contribution is 6.01. The van der Waals surface area contributed by atoms with Gasteiger partial charge in [-0.15, -0.1) is 0 Å². The van der Waals surface area contributed by atoms with Gasteiger partial charge in [-0.3, -0.25) is 9.59 Å². The highest BCUT2D eigenvalue weighted by Crippen LogP contribution is 2.32. The smallest absolute Gasteiger partial charge is 0.228 e. The average Bonchev–Trinajstić information content (AvgIpc) is 2.54. The second kappa shape index (κ2) is 6.39. The lowest BCUT2D eigenvalue weighted by atomic mass is 9.89. The van der Waals surface area contributed by atoms with Gasteiger partial charge in [0, 0.05) is 18.7 Å². The molecule has 4 nitrogen and oxygen atoms in total. The van der Waals surface area contributed by atoms with E-state index < -0.39 is 11.7 Å². The SMILES string of the molecule is Cc1ccc(CNC(=O)C2CC(=O)Nc3cc(F)ccc32)cc1F. The van der Waals surface area contributed by atoms with E-state index in [-0.39, 0.29) is 30.6 Å². The lowest BCUT2D eigenvalue weighted by Gasteiger charge is -2.25. The Balaban J connectivity index is 1.75. The van der Waals surface area contributed by atoms with Crippen molar-refractivity contribution < 1.29 is 18.4 Å². The Kier molecular flexibility index (Phi) is 4.29. The van der Waals surface area contributed by atoms with Crippen LogP contribution in [0.4, 0.5) is 14.5 Å². The molecule has 6 heteroatoms. The van der Waals surface area contributed by atoms with Gasteiger partial charge in [0.1, 0.15) is 11.6 Å². The Bertz CT molecular complexity index is 821. The van der Waals surface area contributed by atoms with Crippen molar-refractivity contribution in [2.45, 2.75) is 25.8 Å². The van der Waals surface area contributed by atoms with Crippen LogP contribution in [-0.2, 0) is 16.1 Å². The summed E-state index contributed by atoms with van der Waals surface area (Å²) in [6, 6.07) is 8.69. The summed E-state index contributed by atoms with van der Waals surface area (Å²) in [7, 11) is 0. The molecule has 1 aliphatic rings. The number of hydrogen-bond acceptors (Lipinski definition) is 2. The van der Waals surface area contributed by atoms with Crippen LogP contribution < -0.4 is 10.6 Å². The number of halogens is 2. The first-order valence-corrected chi connectivity index (χ1v) is 7.56. The van der Waals surface area contributed by atoms with Crippen molar-refractivity contribution in [3.63, 3.8) is 0 Å². The van der Waals surface area contributed by atoms with Crippen LogP contribution in [0.3, 0.4) is 0 Å². The second-order valence-electron chi connectivity index (χ2n) is 5.84. The molecule has 2 aromatic carbocycles. The Morgan fingerprint density at radius 3 is 2.79 bits per heavy atom. The number of aryl methyl sites for hydroxylation is 1. The van der Waals surface area contributed by atoms with E-state index in [0.29, 0.717) is 22.4 Å². The first kappa shape index (κ1) is 16.1. The molecular weight excluding hydrogens is 314 g/mol. The molecule has 0 saturated heterocycles. The van der Waals surface area contributed by atoms with E-state index in [1.165, 1.54) is 24.3 Å². The summed E-state index contributed by atoms with van der Waals surface area (Å²) >= 11 is 0. The predicted octanol–water partition coefficient (Wildman–Crippen LogP) is 3.02. The first-order chi connectivity index (χ1) is 11.4. The van der Waals surface area contributed by atoms with Gasteiger partial charge in [-0.2, -0.15) is 0 Å². The third kappa shape index (κ3) is 3.27. The highest BCUT2D eigenvalue weighted by Gasteiger charge is 2.30. The average molecular weight is 330 g/mol. The molecule has 2 aromatic rings. The molecule has 1 aliphatic heterocycles. The topological polar surface area (TPSA) is 58.2 Å². The maximum Gasteiger partial charge on any atom is 0.228 e. The Morgan fingerprint density at radius 1 is 1.25 bits per heavy atom. The van der Waals surface area contributed by atoms with Gasteiger partial charge in [-0.1, -0.05) is 18.2 Å². The van der Waals surface area contributed by atoms with Crippen LogP contribution in [0.15, 0.2) is 36.4 Å². The van der Waals surface area contributed by atoms with E-state index in [2.05, 4.69) is 10.6 Å². The fourth-order valence-electron chi connectivity index (χ4n) is 2.73. The Labute approximate surface area is 137 Å². The molecule has 3 rings (SSSR count). The standard InChI is InChI=1S/C18H16F2N2O2/c1-10-2-3-11(6-15(10)20)9-21-18(24)14-8-17(23)22-16-7-12(19)4-5-13(14)16/h2-7,14H,8-9H2,1H3,(H,21,24)(H,22,23). The number of amides is 2. The number of rotatable bonds is 3. The maximum atomic E-state index is 13.5. The predicted molar refractivity (Wildman–Crippen MR) is 85.4 cm³/mol. The molecule has 124 valence electrons. The zero-order valence-corrected chi connectivity index (χ0v) is 13.0. The van der Waals surface area contributed by atoms with E-state index in [9.17, 15) is 18.4 Å². The number of carbonyl (C=O) groups excluding carboxylic acids is 2.